The first kappa shape index (κ1) is 33.2. The van der Waals surface area contributed by atoms with Crippen molar-refractivity contribution < 1.29 is 0 Å². The van der Waals surface area contributed by atoms with E-state index in [9.17, 15) is 0 Å². The van der Waals surface area contributed by atoms with Crippen molar-refractivity contribution >= 4 is 65.2 Å². The van der Waals surface area contributed by atoms with Gasteiger partial charge in [-0.2, -0.15) is 0 Å². The van der Waals surface area contributed by atoms with Crippen molar-refractivity contribution in [3.63, 3.8) is 0 Å². The minimum atomic E-state index is 0.916. The van der Waals surface area contributed by atoms with Gasteiger partial charge in [0.1, 0.15) is 11.6 Å². The summed E-state index contributed by atoms with van der Waals surface area (Å²) in [6.45, 7) is 0. The number of aromatic nitrogens is 4. The third-order valence-corrected chi connectivity index (χ3v) is 12.9. The number of rotatable bonds is 4. The molecule has 280 valence electrons. The van der Waals surface area contributed by atoms with Gasteiger partial charge in [-0.15, -0.1) is 0 Å². The summed E-state index contributed by atoms with van der Waals surface area (Å²) in [5.74, 6) is 1.85. The van der Waals surface area contributed by atoms with Crippen molar-refractivity contribution in [2.24, 2.45) is 0 Å². The SMILES string of the molecule is c1ccc(-n2c3ccc(-c4cccc5ccccc45)cc3c3cc4c(cc32)-c2ccc3c5cc(-c6cccc7ccccc67)ccc5n(-c5ccccn5)c3c2CC4)nc1. The Balaban J connectivity index is 1.05. The maximum atomic E-state index is 4.94. The molecule has 4 nitrogen and oxygen atoms in total. The second-order valence-electron chi connectivity index (χ2n) is 16.1. The van der Waals surface area contributed by atoms with Crippen LogP contribution in [0, 0.1) is 0 Å². The van der Waals surface area contributed by atoms with Crippen LogP contribution in [0.15, 0.2) is 194 Å². The van der Waals surface area contributed by atoms with E-state index in [0.717, 1.165) is 35.5 Å². The van der Waals surface area contributed by atoms with Crippen LogP contribution in [0.3, 0.4) is 0 Å². The van der Waals surface area contributed by atoms with Gasteiger partial charge in [0.2, 0.25) is 0 Å². The van der Waals surface area contributed by atoms with Crippen LogP contribution in [-0.4, -0.2) is 19.1 Å². The maximum Gasteiger partial charge on any atom is 0.137 e. The predicted molar refractivity (Wildman–Crippen MR) is 249 cm³/mol. The molecule has 0 radical (unpaired) electrons. The van der Waals surface area contributed by atoms with E-state index >= 15 is 0 Å². The van der Waals surface area contributed by atoms with Crippen LogP contribution in [0.5, 0.6) is 0 Å². The summed E-state index contributed by atoms with van der Waals surface area (Å²) in [7, 11) is 0. The second-order valence-corrected chi connectivity index (χ2v) is 16.1. The highest BCUT2D eigenvalue weighted by molar-refractivity contribution is 6.16. The molecule has 4 heterocycles. The molecule has 8 aromatic carbocycles. The average molecular weight is 765 g/mol. The zero-order chi connectivity index (χ0) is 39.3. The van der Waals surface area contributed by atoms with Gasteiger partial charge in [0.05, 0.1) is 22.1 Å². The summed E-state index contributed by atoms with van der Waals surface area (Å²) in [4.78, 5) is 9.85. The van der Waals surface area contributed by atoms with E-state index < -0.39 is 0 Å². The molecule has 0 saturated carbocycles. The Hall–Kier alpha value is -7.82. The van der Waals surface area contributed by atoms with Crippen molar-refractivity contribution in [1.82, 2.24) is 19.1 Å². The molecule has 12 aromatic rings. The summed E-state index contributed by atoms with van der Waals surface area (Å²) in [6, 6.07) is 66.5. The first-order chi connectivity index (χ1) is 29.8. The fourth-order valence-corrected chi connectivity index (χ4v) is 10.3. The second kappa shape index (κ2) is 12.8. The number of nitrogens with zero attached hydrogens (tertiary/aromatic N) is 4. The van der Waals surface area contributed by atoms with E-state index in [4.69, 9.17) is 9.97 Å². The van der Waals surface area contributed by atoms with Crippen LogP contribution in [0.1, 0.15) is 11.1 Å². The molecular weight excluding hydrogens is 729 g/mol. The molecule has 4 heteroatoms. The lowest BCUT2D eigenvalue weighted by atomic mass is 9.83. The van der Waals surface area contributed by atoms with Gasteiger partial charge in [-0.1, -0.05) is 121 Å². The Morgan fingerprint density at radius 1 is 0.350 bits per heavy atom. The molecule has 0 amide bonds. The molecule has 0 saturated heterocycles. The molecule has 0 N–H and O–H groups in total. The smallest absolute Gasteiger partial charge is 0.137 e. The maximum absolute atomic E-state index is 4.94. The fourth-order valence-electron chi connectivity index (χ4n) is 10.3. The quantitative estimate of drug-likeness (QED) is 0.179. The normalized spacial score (nSPS) is 12.5. The monoisotopic (exact) mass is 764 g/mol. The molecule has 0 unspecified atom stereocenters. The molecular formula is C56H36N4. The Morgan fingerprint density at radius 3 is 1.57 bits per heavy atom. The first-order valence-corrected chi connectivity index (χ1v) is 20.8. The fraction of sp³-hybridized carbons (Fsp3) is 0.0357. The lowest BCUT2D eigenvalue weighted by molar-refractivity contribution is 0.941. The summed E-state index contributed by atoms with van der Waals surface area (Å²) in [5.41, 5.74) is 15.0. The molecule has 1 aliphatic carbocycles. The number of pyridine rings is 2. The molecule has 0 aliphatic heterocycles. The van der Waals surface area contributed by atoms with Gasteiger partial charge >= 0.3 is 0 Å². The zero-order valence-corrected chi connectivity index (χ0v) is 32.7. The van der Waals surface area contributed by atoms with Crippen molar-refractivity contribution in [3.8, 4) is 45.0 Å². The Kier molecular flexibility index (Phi) is 7.10. The van der Waals surface area contributed by atoms with Crippen LogP contribution in [0.25, 0.3) is 110 Å². The van der Waals surface area contributed by atoms with Gasteiger partial charge in [-0.25, -0.2) is 9.97 Å². The zero-order valence-electron chi connectivity index (χ0n) is 32.7. The molecule has 0 spiro atoms. The van der Waals surface area contributed by atoms with E-state index in [1.807, 2.05) is 24.5 Å². The minimum Gasteiger partial charge on any atom is -0.294 e. The number of aryl methyl sites for hydroxylation is 2. The van der Waals surface area contributed by atoms with Gasteiger partial charge in [0, 0.05) is 33.9 Å². The summed E-state index contributed by atoms with van der Waals surface area (Å²) in [5, 5.41) is 10.0. The molecule has 0 bridgehead atoms. The van der Waals surface area contributed by atoms with E-state index in [-0.39, 0.29) is 0 Å². The first-order valence-electron chi connectivity index (χ1n) is 20.8. The standard InChI is InChI=1S/C56H36N4/c1-3-15-40-35(11-1)13-9-17-42(40)37-23-28-52-48(31-37)46-26-25-44-45(56(46)60(52)55-20-6-8-30-58-55)24-21-39-33-50-49-32-38(43-18-10-14-36-12-2-4-16-41(36)43)22-27-51(49)59(53(50)34-47(39)44)54-19-5-7-29-57-54/h1-20,22-23,25-34H,21,24H2. The molecule has 13 rings (SSSR count). The van der Waals surface area contributed by atoms with E-state index in [1.54, 1.807) is 0 Å². The number of benzene rings is 8. The highest BCUT2D eigenvalue weighted by Crippen LogP contribution is 2.46. The topological polar surface area (TPSA) is 35.6 Å². The van der Waals surface area contributed by atoms with Crippen LogP contribution >= 0.6 is 0 Å². The van der Waals surface area contributed by atoms with E-state index in [2.05, 4.69) is 179 Å². The highest BCUT2D eigenvalue weighted by atomic mass is 15.1. The van der Waals surface area contributed by atoms with Gasteiger partial charge < -0.3 is 0 Å². The lowest BCUT2D eigenvalue weighted by Crippen LogP contribution is -2.07. The van der Waals surface area contributed by atoms with Gasteiger partial charge in [0.25, 0.3) is 0 Å². The molecule has 1 aliphatic rings. The van der Waals surface area contributed by atoms with Gasteiger partial charge in [-0.05, 0) is 140 Å². The van der Waals surface area contributed by atoms with E-state index in [0.29, 0.717) is 0 Å². The number of hydrogen-bond acceptors (Lipinski definition) is 2. The highest BCUT2D eigenvalue weighted by Gasteiger charge is 2.26. The Labute approximate surface area is 346 Å². The van der Waals surface area contributed by atoms with Crippen LogP contribution in [-0.2, 0) is 12.8 Å². The third-order valence-electron chi connectivity index (χ3n) is 12.9. The van der Waals surface area contributed by atoms with Crippen molar-refractivity contribution in [2.75, 3.05) is 0 Å². The van der Waals surface area contributed by atoms with E-state index in [1.165, 1.54) is 98.6 Å². The van der Waals surface area contributed by atoms with Crippen LogP contribution < -0.4 is 0 Å². The predicted octanol–water partition coefficient (Wildman–Crippen LogP) is 14.1. The van der Waals surface area contributed by atoms with Crippen molar-refractivity contribution in [1.29, 1.82) is 0 Å². The Bertz CT molecular complexity index is 3600. The third kappa shape index (κ3) is 4.85. The summed E-state index contributed by atoms with van der Waals surface area (Å²) in [6.07, 6.45) is 5.68. The van der Waals surface area contributed by atoms with Crippen LogP contribution in [0.4, 0.5) is 0 Å². The van der Waals surface area contributed by atoms with Crippen LogP contribution in [0.2, 0.25) is 0 Å². The van der Waals surface area contributed by atoms with Crippen molar-refractivity contribution in [2.45, 2.75) is 12.8 Å². The van der Waals surface area contributed by atoms with Gasteiger partial charge in [0.15, 0.2) is 0 Å². The summed E-state index contributed by atoms with van der Waals surface area (Å²) >= 11 is 0. The Morgan fingerprint density at radius 2 is 0.917 bits per heavy atom. The largest absolute Gasteiger partial charge is 0.294 e. The summed E-state index contributed by atoms with van der Waals surface area (Å²) < 4.78 is 4.75. The van der Waals surface area contributed by atoms with Crippen molar-refractivity contribution in [3.05, 3.63) is 206 Å². The molecule has 60 heavy (non-hydrogen) atoms. The molecule has 0 atom stereocenters. The van der Waals surface area contributed by atoms with Gasteiger partial charge in [-0.3, -0.25) is 9.13 Å². The average Bonchev–Trinajstić information content (AvgIpc) is 3.82. The molecule has 0 fully saturated rings. The number of fused-ring (bicyclic) bond motifs is 12. The molecule has 4 aromatic heterocycles. The lowest BCUT2D eigenvalue weighted by Gasteiger charge is -2.22. The number of hydrogen-bond donors (Lipinski definition) is 0. The minimum absolute atomic E-state index is 0.916.